The van der Waals surface area contributed by atoms with Crippen molar-refractivity contribution in [2.45, 2.75) is 25.9 Å². The topological polar surface area (TPSA) is 83.6 Å². The first-order chi connectivity index (χ1) is 12.6. The van der Waals surface area contributed by atoms with Gasteiger partial charge in [-0.1, -0.05) is 0 Å². The van der Waals surface area contributed by atoms with Crippen LogP contribution in [0.3, 0.4) is 0 Å². The highest BCUT2D eigenvalue weighted by molar-refractivity contribution is 6.08. The molecule has 4 rings (SSSR count). The Labute approximate surface area is 151 Å². The van der Waals surface area contributed by atoms with E-state index in [1.54, 1.807) is 43.5 Å². The summed E-state index contributed by atoms with van der Waals surface area (Å²) >= 11 is 0. The SMILES string of the molecule is C[C@H]1Oc2ccc(NC(=O)c3cccnc3N3CCCC3)cc2NC1=O. The van der Waals surface area contributed by atoms with E-state index in [2.05, 4.69) is 20.5 Å². The Balaban J connectivity index is 1.56. The summed E-state index contributed by atoms with van der Waals surface area (Å²) in [6.45, 7) is 3.52. The van der Waals surface area contributed by atoms with Gasteiger partial charge in [0.15, 0.2) is 6.10 Å². The molecule has 0 bridgehead atoms. The third-order valence-electron chi connectivity index (χ3n) is 4.61. The molecule has 1 atom stereocenters. The van der Waals surface area contributed by atoms with Crippen LogP contribution in [0.5, 0.6) is 5.75 Å². The van der Waals surface area contributed by atoms with Gasteiger partial charge in [0.25, 0.3) is 11.8 Å². The molecule has 7 heteroatoms. The van der Waals surface area contributed by atoms with Crippen LogP contribution in [0.15, 0.2) is 36.5 Å². The Hall–Kier alpha value is -3.09. The van der Waals surface area contributed by atoms with E-state index in [1.807, 2.05) is 0 Å². The Morgan fingerprint density at radius 1 is 1.31 bits per heavy atom. The van der Waals surface area contributed by atoms with E-state index in [9.17, 15) is 9.59 Å². The number of carbonyl (C=O) groups is 2. The van der Waals surface area contributed by atoms with Crippen LogP contribution in [0.2, 0.25) is 0 Å². The lowest BCUT2D eigenvalue weighted by Gasteiger charge is -2.24. The van der Waals surface area contributed by atoms with Crippen molar-refractivity contribution in [1.29, 1.82) is 0 Å². The minimum atomic E-state index is -0.527. The molecule has 2 amide bonds. The second-order valence-corrected chi connectivity index (χ2v) is 6.48. The van der Waals surface area contributed by atoms with Gasteiger partial charge in [0.1, 0.15) is 11.6 Å². The largest absolute Gasteiger partial charge is 0.479 e. The summed E-state index contributed by atoms with van der Waals surface area (Å²) in [6.07, 6.45) is 3.40. The minimum Gasteiger partial charge on any atom is -0.479 e. The maximum atomic E-state index is 12.8. The van der Waals surface area contributed by atoms with Crippen LogP contribution in [0.25, 0.3) is 0 Å². The molecule has 0 unspecified atom stereocenters. The zero-order valence-corrected chi connectivity index (χ0v) is 14.5. The van der Waals surface area contributed by atoms with Crippen molar-refractivity contribution in [3.63, 3.8) is 0 Å². The Morgan fingerprint density at radius 2 is 2.12 bits per heavy atom. The lowest BCUT2D eigenvalue weighted by atomic mass is 10.2. The summed E-state index contributed by atoms with van der Waals surface area (Å²) in [4.78, 5) is 31.1. The highest BCUT2D eigenvalue weighted by Gasteiger charge is 2.24. The molecule has 1 fully saturated rings. The number of ether oxygens (including phenoxy) is 1. The normalized spacial score (nSPS) is 18.7. The number of hydrogen-bond acceptors (Lipinski definition) is 5. The van der Waals surface area contributed by atoms with Gasteiger partial charge in [0, 0.05) is 25.0 Å². The van der Waals surface area contributed by atoms with E-state index in [1.165, 1.54) is 0 Å². The fraction of sp³-hybridized carbons (Fsp3) is 0.316. The summed E-state index contributed by atoms with van der Waals surface area (Å²) < 4.78 is 5.53. The fourth-order valence-corrected chi connectivity index (χ4v) is 3.24. The highest BCUT2D eigenvalue weighted by Crippen LogP contribution is 2.32. The molecule has 1 aromatic heterocycles. The second-order valence-electron chi connectivity index (χ2n) is 6.48. The van der Waals surface area contributed by atoms with E-state index in [0.29, 0.717) is 28.5 Å². The predicted molar refractivity (Wildman–Crippen MR) is 98.8 cm³/mol. The predicted octanol–water partition coefficient (Wildman–Crippen LogP) is 2.65. The van der Waals surface area contributed by atoms with Gasteiger partial charge in [-0.3, -0.25) is 9.59 Å². The van der Waals surface area contributed by atoms with Gasteiger partial charge >= 0.3 is 0 Å². The molecule has 0 spiro atoms. The number of fused-ring (bicyclic) bond motifs is 1. The average molecular weight is 352 g/mol. The van der Waals surface area contributed by atoms with Crippen molar-refractivity contribution in [2.24, 2.45) is 0 Å². The molecule has 0 saturated carbocycles. The van der Waals surface area contributed by atoms with Crippen LogP contribution >= 0.6 is 0 Å². The molecule has 2 aromatic rings. The van der Waals surface area contributed by atoms with E-state index in [4.69, 9.17) is 4.74 Å². The highest BCUT2D eigenvalue weighted by atomic mass is 16.5. The van der Waals surface area contributed by atoms with Gasteiger partial charge in [-0.25, -0.2) is 4.98 Å². The van der Waals surface area contributed by atoms with Gasteiger partial charge in [-0.15, -0.1) is 0 Å². The maximum Gasteiger partial charge on any atom is 0.265 e. The first-order valence-electron chi connectivity index (χ1n) is 8.75. The summed E-state index contributed by atoms with van der Waals surface area (Å²) in [5, 5.41) is 5.67. The number of nitrogens with one attached hydrogen (secondary N) is 2. The number of anilines is 3. The van der Waals surface area contributed by atoms with Crippen molar-refractivity contribution in [2.75, 3.05) is 28.6 Å². The Bertz CT molecular complexity index is 862. The lowest BCUT2D eigenvalue weighted by molar-refractivity contribution is -0.122. The van der Waals surface area contributed by atoms with E-state index < -0.39 is 6.10 Å². The zero-order valence-electron chi connectivity index (χ0n) is 14.5. The van der Waals surface area contributed by atoms with Crippen molar-refractivity contribution < 1.29 is 14.3 Å². The molecule has 2 N–H and O–H groups in total. The lowest BCUT2D eigenvalue weighted by Crippen LogP contribution is -2.34. The van der Waals surface area contributed by atoms with Crippen molar-refractivity contribution >= 4 is 29.0 Å². The summed E-state index contributed by atoms with van der Waals surface area (Å²) in [5.74, 6) is 0.876. The molecular formula is C19H20N4O3. The number of hydrogen-bond donors (Lipinski definition) is 2. The zero-order chi connectivity index (χ0) is 18.1. The average Bonchev–Trinajstić information content (AvgIpc) is 3.17. The van der Waals surface area contributed by atoms with Crippen LogP contribution in [-0.4, -0.2) is 36.0 Å². The Morgan fingerprint density at radius 3 is 2.92 bits per heavy atom. The smallest absolute Gasteiger partial charge is 0.265 e. The first kappa shape index (κ1) is 16.4. The quantitative estimate of drug-likeness (QED) is 0.887. The maximum absolute atomic E-state index is 12.8. The van der Waals surface area contributed by atoms with Gasteiger partial charge in [-0.05, 0) is 50.1 Å². The molecule has 26 heavy (non-hydrogen) atoms. The van der Waals surface area contributed by atoms with E-state index in [-0.39, 0.29) is 11.8 Å². The third-order valence-corrected chi connectivity index (χ3v) is 4.61. The molecule has 3 heterocycles. The Kier molecular flexibility index (Phi) is 4.20. The monoisotopic (exact) mass is 352 g/mol. The number of pyridine rings is 1. The number of rotatable bonds is 3. The van der Waals surface area contributed by atoms with Gasteiger partial charge in [-0.2, -0.15) is 0 Å². The number of aromatic nitrogens is 1. The number of nitrogens with zero attached hydrogens (tertiary/aromatic N) is 2. The molecule has 2 aliphatic rings. The summed E-state index contributed by atoms with van der Waals surface area (Å²) in [6, 6.07) is 8.74. The standard InChI is InChI=1S/C19H20N4O3/c1-12-18(24)22-15-11-13(6-7-16(15)26-12)21-19(25)14-5-4-8-20-17(14)23-9-2-3-10-23/h4-8,11-12H,2-3,9-10H2,1H3,(H,21,25)(H,22,24)/t12-/m1/s1. The van der Waals surface area contributed by atoms with Crippen LogP contribution in [0.1, 0.15) is 30.1 Å². The third kappa shape index (κ3) is 3.08. The van der Waals surface area contributed by atoms with Crippen molar-refractivity contribution in [1.82, 2.24) is 4.98 Å². The van der Waals surface area contributed by atoms with Crippen LogP contribution < -0.4 is 20.3 Å². The van der Waals surface area contributed by atoms with Crippen LogP contribution in [-0.2, 0) is 4.79 Å². The van der Waals surface area contributed by atoms with Crippen LogP contribution in [0.4, 0.5) is 17.2 Å². The second kappa shape index (κ2) is 6.67. The number of carbonyl (C=O) groups excluding carboxylic acids is 2. The van der Waals surface area contributed by atoms with Crippen LogP contribution in [0, 0.1) is 0 Å². The molecule has 134 valence electrons. The van der Waals surface area contributed by atoms with Crippen molar-refractivity contribution in [3.8, 4) is 5.75 Å². The summed E-state index contributed by atoms with van der Waals surface area (Å²) in [7, 11) is 0. The molecular weight excluding hydrogens is 332 g/mol. The molecule has 0 radical (unpaired) electrons. The van der Waals surface area contributed by atoms with Gasteiger partial charge in [0.05, 0.1) is 11.3 Å². The number of benzene rings is 1. The molecule has 1 saturated heterocycles. The molecule has 2 aliphatic heterocycles. The fourth-order valence-electron chi connectivity index (χ4n) is 3.24. The number of amides is 2. The molecule has 1 aromatic carbocycles. The van der Waals surface area contributed by atoms with Gasteiger partial charge in [0.2, 0.25) is 0 Å². The van der Waals surface area contributed by atoms with E-state index in [0.717, 1.165) is 25.9 Å². The van der Waals surface area contributed by atoms with Crippen molar-refractivity contribution in [3.05, 3.63) is 42.1 Å². The molecule has 7 nitrogen and oxygen atoms in total. The summed E-state index contributed by atoms with van der Waals surface area (Å²) in [5.41, 5.74) is 1.68. The molecule has 0 aliphatic carbocycles. The van der Waals surface area contributed by atoms with Gasteiger partial charge < -0.3 is 20.3 Å². The van der Waals surface area contributed by atoms with E-state index >= 15 is 0 Å². The minimum absolute atomic E-state index is 0.204. The first-order valence-corrected chi connectivity index (χ1v) is 8.75.